The second-order valence-electron chi connectivity index (χ2n) is 4.97. The summed E-state index contributed by atoms with van der Waals surface area (Å²) in [6, 6.07) is 8.33. The minimum absolute atomic E-state index is 0.167. The summed E-state index contributed by atoms with van der Waals surface area (Å²) in [7, 11) is 0. The number of benzene rings is 1. The Morgan fingerprint density at radius 1 is 1.38 bits per heavy atom. The number of halogens is 2. The number of aryl methyl sites for hydroxylation is 2. The van der Waals surface area contributed by atoms with Gasteiger partial charge in [-0.15, -0.1) is 11.6 Å². The summed E-state index contributed by atoms with van der Waals surface area (Å²) in [6.07, 6.45) is 0. The molecule has 0 amide bonds. The maximum absolute atomic E-state index is 6.36. The van der Waals surface area contributed by atoms with E-state index < -0.39 is 0 Å². The first-order valence-corrected chi connectivity index (χ1v) is 8.40. The fourth-order valence-electron chi connectivity index (χ4n) is 2.54. The number of nitrogens with zero attached hydrogens (tertiary/aromatic N) is 4. The van der Waals surface area contributed by atoms with Crippen molar-refractivity contribution in [3.63, 3.8) is 0 Å². The predicted molar refractivity (Wildman–Crippen MR) is 94.3 cm³/mol. The summed E-state index contributed by atoms with van der Waals surface area (Å²) in [6.45, 7) is 6.83. The van der Waals surface area contributed by atoms with E-state index in [4.69, 9.17) is 16.6 Å². The van der Waals surface area contributed by atoms with E-state index in [0.717, 1.165) is 34.9 Å². The third kappa shape index (κ3) is 2.46. The first kappa shape index (κ1) is 14.8. The van der Waals surface area contributed by atoms with Gasteiger partial charge < -0.3 is 0 Å². The maximum Gasteiger partial charge on any atom is 0.163 e. The van der Waals surface area contributed by atoms with Gasteiger partial charge in [0.05, 0.1) is 11.1 Å². The van der Waals surface area contributed by atoms with Gasteiger partial charge in [-0.05, 0) is 61.6 Å². The lowest BCUT2D eigenvalue weighted by Crippen LogP contribution is -2.07. The Morgan fingerprint density at radius 2 is 2.14 bits per heavy atom. The predicted octanol–water partition coefficient (Wildman–Crippen LogP) is 4.45. The minimum atomic E-state index is -0.167. The van der Waals surface area contributed by atoms with Crippen molar-refractivity contribution in [3.05, 3.63) is 39.4 Å². The van der Waals surface area contributed by atoms with Gasteiger partial charge in [-0.25, -0.2) is 9.67 Å². The Bertz CT molecular complexity index is 803. The van der Waals surface area contributed by atoms with Crippen molar-refractivity contribution in [2.45, 2.75) is 32.7 Å². The summed E-state index contributed by atoms with van der Waals surface area (Å²) >= 11 is 8.68. The van der Waals surface area contributed by atoms with Crippen molar-refractivity contribution >= 4 is 45.4 Å². The number of hydrogen-bond acceptors (Lipinski definition) is 2. The monoisotopic (exact) mass is 414 g/mol. The molecule has 1 atom stereocenters. The fourth-order valence-corrected chi connectivity index (χ4v) is 3.22. The number of fused-ring (bicyclic) bond motifs is 1. The molecule has 0 spiro atoms. The summed E-state index contributed by atoms with van der Waals surface area (Å²) in [4.78, 5) is 4.73. The van der Waals surface area contributed by atoms with Crippen molar-refractivity contribution in [3.8, 4) is 5.69 Å². The van der Waals surface area contributed by atoms with E-state index in [1.165, 1.54) is 3.57 Å². The highest BCUT2D eigenvalue weighted by Gasteiger charge is 2.21. The van der Waals surface area contributed by atoms with E-state index in [0.29, 0.717) is 0 Å². The first-order valence-electron chi connectivity index (χ1n) is 6.88. The van der Waals surface area contributed by atoms with Gasteiger partial charge in [0.25, 0.3) is 0 Å². The molecule has 0 aliphatic rings. The Labute approximate surface area is 142 Å². The largest absolute Gasteiger partial charge is 0.280 e. The topological polar surface area (TPSA) is 35.6 Å². The molecule has 2 aromatic heterocycles. The van der Waals surface area contributed by atoms with Crippen LogP contribution in [0.3, 0.4) is 0 Å². The van der Waals surface area contributed by atoms with Gasteiger partial charge in [-0.3, -0.25) is 4.57 Å². The zero-order valence-electron chi connectivity index (χ0n) is 12.1. The molecule has 0 saturated heterocycles. The summed E-state index contributed by atoms with van der Waals surface area (Å²) in [5.41, 5.74) is 3.95. The first-order chi connectivity index (χ1) is 10.0. The second kappa shape index (κ2) is 5.61. The summed E-state index contributed by atoms with van der Waals surface area (Å²) < 4.78 is 5.29. The minimum Gasteiger partial charge on any atom is -0.280 e. The number of aromatic nitrogens is 4. The Hall–Kier alpha value is -1.08. The van der Waals surface area contributed by atoms with Crippen molar-refractivity contribution in [2.24, 2.45) is 0 Å². The molecule has 21 heavy (non-hydrogen) atoms. The molecule has 0 N–H and O–H groups in total. The molecule has 0 saturated carbocycles. The molecule has 1 unspecified atom stereocenters. The number of alkyl halides is 1. The average Bonchev–Trinajstić information content (AvgIpc) is 2.97. The van der Waals surface area contributed by atoms with Gasteiger partial charge in [0.1, 0.15) is 11.3 Å². The van der Waals surface area contributed by atoms with Crippen molar-refractivity contribution in [1.29, 1.82) is 0 Å². The van der Waals surface area contributed by atoms with E-state index in [1.54, 1.807) is 0 Å². The maximum atomic E-state index is 6.36. The van der Waals surface area contributed by atoms with Gasteiger partial charge in [0, 0.05) is 15.8 Å². The van der Waals surface area contributed by atoms with Crippen LogP contribution in [0.15, 0.2) is 24.3 Å². The molecule has 1 aromatic carbocycles. The molecule has 3 aromatic rings. The van der Waals surface area contributed by atoms with Gasteiger partial charge >= 0.3 is 0 Å². The van der Waals surface area contributed by atoms with Crippen LogP contribution >= 0.6 is 34.2 Å². The van der Waals surface area contributed by atoms with E-state index in [1.807, 2.05) is 24.6 Å². The molecule has 6 heteroatoms. The van der Waals surface area contributed by atoms with Crippen LogP contribution in [0, 0.1) is 10.5 Å². The van der Waals surface area contributed by atoms with E-state index in [9.17, 15) is 0 Å². The smallest absolute Gasteiger partial charge is 0.163 e. The van der Waals surface area contributed by atoms with Crippen molar-refractivity contribution < 1.29 is 0 Å². The van der Waals surface area contributed by atoms with E-state index in [2.05, 4.69) is 57.4 Å². The fraction of sp³-hybridized carbons (Fsp3) is 0.333. The number of hydrogen-bond donors (Lipinski definition) is 0. The number of imidazole rings is 1. The highest BCUT2D eigenvalue weighted by Crippen LogP contribution is 2.30. The zero-order valence-corrected chi connectivity index (χ0v) is 15.1. The van der Waals surface area contributed by atoms with Crippen molar-refractivity contribution in [1.82, 2.24) is 19.3 Å². The highest BCUT2D eigenvalue weighted by molar-refractivity contribution is 14.1. The lowest BCUT2D eigenvalue weighted by atomic mass is 10.3. The van der Waals surface area contributed by atoms with Crippen LogP contribution < -0.4 is 0 Å². The lowest BCUT2D eigenvalue weighted by Gasteiger charge is -2.12. The van der Waals surface area contributed by atoms with E-state index in [-0.39, 0.29) is 5.38 Å². The number of rotatable bonds is 3. The quantitative estimate of drug-likeness (QED) is 0.469. The van der Waals surface area contributed by atoms with Gasteiger partial charge in [-0.2, -0.15) is 5.10 Å². The normalized spacial score (nSPS) is 13.0. The SMILES string of the molecule is CCn1nc(C)c2nc(C(C)Cl)n(-c3cccc(I)c3)c21. The Balaban J connectivity index is 2.40. The second-order valence-corrected chi connectivity index (χ2v) is 6.87. The van der Waals surface area contributed by atoms with Crippen LogP contribution in [0.1, 0.15) is 30.7 Å². The third-order valence-electron chi connectivity index (χ3n) is 3.46. The molecule has 0 bridgehead atoms. The molecule has 0 aliphatic heterocycles. The molecule has 0 fully saturated rings. The third-order valence-corrected chi connectivity index (χ3v) is 4.32. The molecule has 3 rings (SSSR count). The van der Waals surface area contributed by atoms with Crippen LogP contribution in [-0.2, 0) is 6.54 Å². The van der Waals surface area contributed by atoms with Crippen LogP contribution in [-0.4, -0.2) is 19.3 Å². The highest BCUT2D eigenvalue weighted by atomic mass is 127. The lowest BCUT2D eigenvalue weighted by molar-refractivity contribution is 0.658. The van der Waals surface area contributed by atoms with Crippen LogP contribution in [0.4, 0.5) is 0 Å². The Kier molecular flexibility index (Phi) is 3.96. The molecule has 0 aliphatic carbocycles. The molecule has 4 nitrogen and oxygen atoms in total. The van der Waals surface area contributed by atoms with E-state index >= 15 is 0 Å². The van der Waals surface area contributed by atoms with Gasteiger partial charge in [0.15, 0.2) is 5.65 Å². The molecular weight excluding hydrogens is 399 g/mol. The Morgan fingerprint density at radius 3 is 2.76 bits per heavy atom. The molecule has 0 radical (unpaired) electrons. The van der Waals surface area contributed by atoms with Crippen LogP contribution in [0.5, 0.6) is 0 Å². The average molecular weight is 415 g/mol. The summed E-state index contributed by atoms with van der Waals surface area (Å²) in [5, 5.41) is 4.40. The zero-order chi connectivity index (χ0) is 15.1. The molecule has 2 heterocycles. The van der Waals surface area contributed by atoms with Gasteiger partial charge in [-0.1, -0.05) is 6.07 Å². The van der Waals surface area contributed by atoms with Crippen LogP contribution in [0.2, 0.25) is 0 Å². The van der Waals surface area contributed by atoms with Crippen molar-refractivity contribution in [2.75, 3.05) is 0 Å². The van der Waals surface area contributed by atoms with Crippen LogP contribution in [0.25, 0.3) is 16.9 Å². The summed E-state index contributed by atoms with van der Waals surface area (Å²) in [5.74, 6) is 0.858. The molecular formula is C15H16ClIN4. The molecule has 110 valence electrons. The standard InChI is InChI=1S/C15H16ClIN4/c1-4-20-15-13(10(3)19-20)18-14(9(2)16)21(15)12-7-5-6-11(17)8-12/h5-9H,4H2,1-3H3. The van der Waals surface area contributed by atoms with Gasteiger partial charge in [0.2, 0.25) is 0 Å².